The topological polar surface area (TPSA) is 103 Å². The van der Waals surface area contributed by atoms with Gasteiger partial charge in [-0.1, -0.05) is 154 Å². The second kappa shape index (κ2) is 20.5. The van der Waals surface area contributed by atoms with Crippen LogP contribution in [-0.2, 0) is 40.2 Å². The van der Waals surface area contributed by atoms with Crippen molar-refractivity contribution in [1.82, 2.24) is 10.6 Å². The van der Waals surface area contributed by atoms with Crippen molar-refractivity contribution in [3.05, 3.63) is 96.1 Å². The van der Waals surface area contributed by atoms with E-state index in [0.29, 0.717) is 37.3 Å². The van der Waals surface area contributed by atoms with E-state index in [9.17, 15) is 14.4 Å². The summed E-state index contributed by atoms with van der Waals surface area (Å²) in [5, 5.41) is 8.15. The number of amides is 2. The minimum atomic E-state index is -2.80. The van der Waals surface area contributed by atoms with Crippen molar-refractivity contribution in [1.29, 1.82) is 0 Å². The molecule has 5 unspecified atom stereocenters. The average molecular weight is 817 g/mol. The lowest BCUT2D eigenvalue weighted by Crippen LogP contribution is -2.67. The van der Waals surface area contributed by atoms with Crippen LogP contribution >= 0.6 is 11.8 Å². The van der Waals surface area contributed by atoms with E-state index < -0.39 is 19.9 Å². The fraction of sp³-hybridized carbons (Fsp3) is 0.553. The number of ether oxygens (including phenoxy) is 2. The molecule has 1 aliphatic heterocycles. The second-order valence-electron chi connectivity index (χ2n) is 17.6. The van der Waals surface area contributed by atoms with Gasteiger partial charge in [0.1, 0.15) is 11.5 Å². The highest BCUT2D eigenvalue weighted by Crippen LogP contribution is 2.41. The minimum Gasteiger partial charge on any atom is -0.459 e. The first-order chi connectivity index (χ1) is 26.9. The van der Waals surface area contributed by atoms with Crippen LogP contribution in [0.5, 0.6) is 0 Å². The highest BCUT2D eigenvalue weighted by atomic mass is 32.2. The third-order valence-electron chi connectivity index (χ3n) is 12.4. The van der Waals surface area contributed by atoms with Crippen LogP contribution in [0.15, 0.2) is 84.9 Å². The number of carbonyl (C=O) groups excluding carboxylic acids is 3. The number of hydrogen-bond acceptors (Lipinski definition) is 7. The predicted molar refractivity (Wildman–Crippen MR) is 236 cm³/mol. The largest absolute Gasteiger partial charge is 0.459 e. The summed E-state index contributed by atoms with van der Waals surface area (Å²) in [6, 6.07) is 29.6. The van der Waals surface area contributed by atoms with Crippen LogP contribution in [0.2, 0.25) is 5.04 Å². The molecule has 0 bridgehead atoms. The Kier molecular flexibility index (Phi) is 16.6. The Bertz CT molecular complexity index is 1680. The van der Waals surface area contributed by atoms with E-state index in [1.54, 1.807) is 0 Å². The Balaban J connectivity index is 1.32. The van der Waals surface area contributed by atoms with Crippen LogP contribution in [0.4, 0.5) is 0 Å². The lowest BCUT2D eigenvalue weighted by molar-refractivity contribution is -0.179. The van der Waals surface area contributed by atoms with Gasteiger partial charge >= 0.3 is 5.97 Å². The Morgan fingerprint density at radius 2 is 1.30 bits per heavy atom. The van der Waals surface area contributed by atoms with Crippen LogP contribution in [0.1, 0.15) is 100 Å². The third-order valence-corrected chi connectivity index (χ3v) is 18.6. The van der Waals surface area contributed by atoms with Crippen molar-refractivity contribution >= 4 is 48.2 Å². The molecular formula is C47H68N2O6SSi. The molecule has 2 N–H and O–H groups in total. The van der Waals surface area contributed by atoms with E-state index in [4.69, 9.17) is 13.9 Å². The zero-order valence-electron chi connectivity index (χ0n) is 36.2. The molecule has 3 aromatic carbocycles. The summed E-state index contributed by atoms with van der Waals surface area (Å²) in [5.74, 6) is 0.921. The van der Waals surface area contributed by atoms with Gasteiger partial charge in [-0.3, -0.25) is 14.4 Å². The monoisotopic (exact) mass is 816 g/mol. The van der Waals surface area contributed by atoms with Crippen molar-refractivity contribution in [2.24, 2.45) is 23.7 Å². The molecule has 1 aliphatic rings. The smallest absolute Gasteiger partial charge is 0.303 e. The average Bonchev–Trinajstić information content (AvgIpc) is 3.18. The fourth-order valence-corrected chi connectivity index (χ4v) is 13.9. The maximum Gasteiger partial charge on any atom is 0.303 e. The van der Waals surface area contributed by atoms with Crippen LogP contribution < -0.4 is 21.0 Å². The van der Waals surface area contributed by atoms with Gasteiger partial charge in [-0.25, -0.2) is 0 Å². The van der Waals surface area contributed by atoms with Gasteiger partial charge in [0.05, 0.1) is 12.7 Å². The summed E-state index contributed by atoms with van der Waals surface area (Å²) in [7, 11) is -2.80. The molecule has 8 nitrogen and oxygen atoms in total. The van der Waals surface area contributed by atoms with Gasteiger partial charge in [0.25, 0.3) is 8.32 Å². The third kappa shape index (κ3) is 11.4. The van der Waals surface area contributed by atoms with Crippen LogP contribution in [-0.4, -0.2) is 62.6 Å². The second-order valence-corrected chi connectivity index (χ2v) is 23.1. The molecule has 5 atom stereocenters. The molecule has 0 radical (unpaired) electrons. The lowest BCUT2D eigenvalue weighted by Gasteiger charge is -2.47. The van der Waals surface area contributed by atoms with Gasteiger partial charge in [0.2, 0.25) is 11.8 Å². The van der Waals surface area contributed by atoms with Gasteiger partial charge in [0, 0.05) is 44.5 Å². The zero-order valence-corrected chi connectivity index (χ0v) is 38.0. The maximum atomic E-state index is 12.8. The number of carbonyl (C=O) groups is 3. The number of nitrogens with one attached hydrogen (secondary N) is 2. The molecule has 1 saturated heterocycles. The van der Waals surface area contributed by atoms with Crippen LogP contribution in [0, 0.1) is 23.7 Å². The number of esters is 1. The molecular weight excluding hydrogens is 749 g/mol. The molecule has 1 fully saturated rings. The predicted octanol–water partition coefficient (Wildman–Crippen LogP) is 8.01. The lowest BCUT2D eigenvalue weighted by atomic mass is 9.66. The van der Waals surface area contributed by atoms with Crippen molar-refractivity contribution in [3.8, 4) is 0 Å². The van der Waals surface area contributed by atoms with E-state index in [1.165, 1.54) is 34.6 Å². The van der Waals surface area contributed by atoms with Crippen LogP contribution in [0.25, 0.3) is 0 Å². The van der Waals surface area contributed by atoms with Gasteiger partial charge < -0.3 is 24.5 Å². The fourth-order valence-electron chi connectivity index (χ4n) is 8.19. The quantitative estimate of drug-likeness (QED) is 0.0763. The molecule has 0 aromatic heterocycles. The maximum absolute atomic E-state index is 12.8. The standard InChI is InChI=1S/C47H68N2O6SSi/c1-32(2)47(11,33(3)4)38-24-22-37(23-25-38)30-49-43(52)27-26-42(51)48-28-29-56-45-44(54-36(7)50)35(6)34(5)41(55-45)31-53-57(46(8,9)10,39-18-14-12-15-19-39)40-20-16-13-17-21-40/h12-25,32-35,41,44-45H,26-31H2,1-11H3,(H,48,51)(H,49,52). The summed E-state index contributed by atoms with van der Waals surface area (Å²) in [6.07, 6.45) is -0.476. The molecule has 312 valence electrons. The molecule has 10 heteroatoms. The number of hydrogen-bond donors (Lipinski definition) is 2. The minimum absolute atomic E-state index is 0.0132. The molecule has 0 aliphatic carbocycles. The molecule has 1 heterocycles. The normalized spacial score (nSPS) is 20.3. The SMILES string of the molecule is CC(=O)OC1C(SCCNC(=O)CCC(=O)NCc2ccc(C(C)(C(C)C)C(C)C)cc2)OC(CO[Si](c2ccccc2)(c2ccccc2)C(C)(C)C)C(C)C1C. The van der Waals surface area contributed by atoms with Crippen molar-refractivity contribution in [2.75, 3.05) is 18.9 Å². The van der Waals surface area contributed by atoms with Crippen molar-refractivity contribution in [2.45, 2.75) is 124 Å². The summed E-state index contributed by atoms with van der Waals surface area (Å²) in [6.45, 7) is 25.0. The van der Waals surface area contributed by atoms with E-state index in [1.807, 2.05) is 12.1 Å². The van der Waals surface area contributed by atoms with Crippen LogP contribution in [0.3, 0.4) is 0 Å². The van der Waals surface area contributed by atoms with E-state index in [0.717, 1.165) is 5.56 Å². The summed E-state index contributed by atoms with van der Waals surface area (Å²) < 4.78 is 19.9. The Labute approximate surface area is 348 Å². The van der Waals surface area contributed by atoms with Crippen molar-refractivity contribution < 1.29 is 28.3 Å². The molecule has 4 rings (SSSR count). The van der Waals surface area contributed by atoms with E-state index in [-0.39, 0.29) is 59.0 Å². The number of benzene rings is 3. The van der Waals surface area contributed by atoms with Gasteiger partial charge in [-0.15, -0.1) is 11.8 Å². The van der Waals surface area contributed by atoms with E-state index >= 15 is 0 Å². The Hall–Kier alpha value is -3.44. The molecule has 0 saturated carbocycles. The highest BCUT2D eigenvalue weighted by molar-refractivity contribution is 7.99. The molecule has 57 heavy (non-hydrogen) atoms. The first-order valence-corrected chi connectivity index (χ1v) is 23.7. The number of rotatable bonds is 18. The first kappa shape index (κ1) is 46.2. The molecule has 0 spiro atoms. The van der Waals surface area contributed by atoms with Gasteiger partial charge in [0.15, 0.2) is 0 Å². The van der Waals surface area contributed by atoms with E-state index in [2.05, 4.69) is 153 Å². The number of thioether (sulfide) groups is 1. The molecule has 2 amide bonds. The zero-order chi connectivity index (χ0) is 42.0. The highest BCUT2D eigenvalue weighted by Gasteiger charge is 2.52. The Morgan fingerprint density at radius 1 is 0.772 bits per heavy atom. The molecule has 3 aromatic rings. The van der Waals surface area contributed by atoms with Gasteiger partial charge in [-0.2, -0.15) is 0 Å². The van der Waals surface area contributed by atoms with Gasteiger partial charge in [-0.05, 0) is 49.7 Å². The van der Waals surface area contributed by atoms with Crippen molar-refractivity contribution in [3.63, 3.8) is 0 Å². The Morgan fingerprint density at radius 3 is 1.79 bits per heavy atom. The summed E-state index contributed by atoms with van der Waals surface area (Å²) >= 11 is 1.53. The summed E-state index contributed by atoms with van der Waals surface area (Å²) in [5.41, 5.74) is 1.97. The first-order valence-electron chi connectivity index (χ1n) is 20.7. The summed E-state index contributed by atoms with van der Waals surface area (Å²) in [4.78, 5) is 37.6.